The van der Waals surface area contributed by atoms with Gasteiger partial charge in [0.15, 0.2) is 0 Å². The summed E-state index contributed by atoms with van der Waals surface area (Å²) in [5, 5.41) is 4.19. The van der Waals surface area contributed by atoms with E-state index in [1.165, 1.54) is 24.0 Å². The molecule has 2 aliphatic rings. The van der Waals surface area contributed by atoms with Gasteiger partial charge in [0, 0.05) is 12.8 Å². The molecule has 1 amide bonds. The number of nitrogens with zero attached hydrogens (tertiary/aromatic N) is 1. The van der Waals surface area contributed by atoms with Crippen LogP contribution in [0.15, 0.2) is 23.3 Å². The standard InChI is InChI=1S/C17H23N3O/c1-2-3-11-8-13-9-12(4-5-14(13)15(11)10-18)16-6-7-17(21)20-19-16/h4-5,9,11,15H,2-3,6-8,10,18H2,1H3,(H,20,21). The summed E-state index contributed by atoms with van der Waals surface area (Å²) >= 11 is 0. The quantitative estimate of drug-likeness (QED) is 0.891. The number of amides is 1. The van der Waals surface area contributed by atoms with E-state index in [9.17, 15) is 4.79 Å². The van der Waals surface area contributed by atoms with E-state index < -0.39 is 0 Å². The van der Waals surface area contributed by atoms with Crippen LogP contribution in [0.3, 0.4) is 0 Å². The molecule has 4 nitrogen and oxygen atoms in total. The smallest absolute Gasteiger partial charge is 0.240 e. The molecule has 0 saturated carbocycles. The Morgan fingerprint density at radius 1 is 1.38 bits per heavy atom. The fourth-order valence-electron chi connectivity index (χ4n) is 3.68. The molecule has 1 aromatic carbocycles. The molecule has 2 unspecified atom stereocenters. The number of nitrogens with one attached hydrogen (secondary N) is 1. The molecule has 1 aromatic rings. The molecule has 0 spiro atoms. The summed E-state index contributed by atoms with van der Waals surface area (Å²) in [6.45, 7) is 2.97. The van der Waals surface area contributed by atoms with Crippen LogP contribution < -0.4 is 11.2 Å². The summed E-state index contributed by atoms with van der Waals surface area (Å²) in [6.07, 6.45) is 4.82. The molecule has 0 bridgehead atoms. The fourth-order valence-corrected chi connectivity index (χ4v) is 3.68. The Kier molecular flexibility index (Phi) is 4.06. The van der Waals surface area contributed by atoms with E-state index in [0.717, 1.165) is 30.7 Å². The van der Waals surface area contributed by atoms with E-state index in [-0.39, 0.29) is 5.91 Å². The van der Waals surface area contributed by atoms with Gasteiger partial charge in [-0.3, -0.25) is 4.79 Å². The number of rotatable bonds is 4. The molecule has 3 rings (SSSR count). The van der Waals surface area contributed by atoms with Crippen LogP contribution in [-0.2, 0) is 11.2 Å². The van der Waals surface area contributed by atoms with Gasteiger partial charge in [-0.05, 0) is 54.0 Å². The van der Waals surface area contributed by atoms with Gasteiger partial charge in [-0.25, -0.2) is 5.43 Å². The van der Waals surface area contributed by atoms with Gasteiger partial charge in [-0.2, -0.15) is 5.10 Å². The maximum absolute atomic E-state index is 11.2. The molecular weight excluding hydrogens is 262 g/mol. The molecule has 21 heavy (non-hydrogen) atoms. The van der Waals surface area contributed by atoms with Crippen LogP contribution in [0.25, 0.3) is 0 Å². The predicted octanol–water partition coefficient (Wildman–Crippen LogP) is 2.32. The molecule has 1 heterocycles. The fraction of sp³-hybridized carbons (Fsp3) is 0.529. The second-order valence-electron chi connectivity index (χ2n) is 6.10. The first-order valence-corrected chi connectivity index (χ1v) is 7.91. The average molecular weight is 285 g/mol. The minimum atomic E-state index is 0.00566. The highest BCUT2D eigenvalue weighted by atomic mass is 16.2. The summed E-state index contributed by atoms with van der Waals surface area (Å²) in [7, 11) is 0. The van der Waals surface area contributed by atoms with E-state index in [1.54, 1.807) is 0 Å². The van der Waals surface area contributed by atoms with Crippen LogP contribution in [0.4, 0.5) is 0 Å². The predicted molar refractivity (Wildman–Crippen MR) is 84.3 cm³/mol. The molecule has 0 aromatic heterocycles. The van der Waals surface area contributed by atoms with Crippen molar-refractivity contribution in [1.82, 2.24) is 5.43 Å². The van der Waals surface area contributed by atoms with Crippen LogP contribution in [0.2, 0.25) is 0 Å². The Balaban J connectivity index is 1.87. The Morgan fingerprint density at radius 2 is 2.24 bits per heavy atom. The number of hydrazone groups is 1. The van der Waals surface area contributed by atoms with Gasteiger partial charge in [-0.1, -0.05) is 25.5 Å². The first-order chi connectivity index (χ1) is 10.2. The van der Waals surface area contributed by atoms with E-state index in [4.69, 9.17) is 5.73 Å². The van der Waals surface area contributed by atoms with E-state index in [0.29, 0.717) is 18.3 Å². The first kappa shape index (κ1) is 14.3. The highest BCUT2D eigenvalue weighted by Gasteiger charge is 2.31. The molecule has 2 atom stereocenters. The van der Waals surface area contributed by atoms with Crippen LogP contribution in [0.5, 0.6) is 0 Å². The van der Waals surface area contributed by atoms with E-state index >= 15 is 0 Å². The lowest BCUT2D eigenvalue weighted by Crippen LogP contribution is -2.25. The normalized spacial score (nSPS) is 24.5. The lowest BCUT2D eigenvalue weighted by Gasteiger charge is -2.18. The number of nitrogens with two attached hydrogens (primary N) is 1. The number of carbonyl (C=O) groups excluding carboxylic acids is 1. The topological polar surface area (TPSA) is 67.5 Å². The zero-order valence-corrected chi connectivity index (χ0v) is 12.6. The largest absolute Gasteiger partial charge is 0.330 e. The number of fused-ring (bicyclic) bond motifs is 1. The van der Waals surface area contributed by atoms with Gasteiger partial charge in [0.2, 0.25) is 5.91 Å². The van der Waals surface area contributed by atoms with Gasteiger partial charge in [0.1, 0.15) is 0 Å². The van der Waals surface area contributed by atoms with Crippen molar-refractivity contribution in [3.8, 4) is 0 Å². The van der Waals surface area contributed by atoms with Crippen molar-refractivity contribution in [2.75, 3.05) is 6.54 Å². The molecule has 1 aliphatic carbocycles. The molecule has 0 saturated heterocycles. The number of hydrogen-bond donors (Lipinski definition) is 2. The Hall–Kier alpha value is -1.68. The number of hydrogen-bond acceptors (Lipinski definition) is 3. The minimum absolute atomic E-state index is 0.00566. The van der Waals surface area contributed by atoms with Gasteiger partial charge in [0.25, 0.3) is 0 Å². The first-order valence-electron chi connectivity index (χ1n) is 7.91. The zero-order chi connectivity index (χ0) is 14.8. The van der Waals surface area contributed by atoms with Crippen LogP contribution >= 0.6 is 0 Å². The molecule has 1 aliphatic heterocycles. The SMILES string of the molecule is CCCC1Cc2cc(C3=NNC(=O)CC3)ccc2C1CN. The molecule has 112 valence electrons. The molecular formula is C17H23N3O. The number of carbonyl (C=O) groups is 1. The van der Waals surface area contributed by atoms with Crippen molar-refractivity contribution >= 4 is 11.6 Å². The van der Waals surface area contributed by atoms with Gasteiger partial charge in [-0.15, -0.1) is 0 Å². The third kappa shape index (κ3) is 2.72. The summed E-state index contributed by atoms with van der Waals surface area (Å²) in [6, 6.07) is 6.60. The molecule has 0 fully saturated rings. The van der Waals surface area contributed by atoms with Crippen molar-refractivity contribution in [2.45, 2.75) is 44.9 Å². The Bertz CT molecular complexity index is 579. The highest BCUT2D eigenvalue weighted by Crippen LogP contribution is 2.40. The monoisotopic (exact) mass is 285 g/mol. The van der Waals surface area contributed by atoms with Crippen LogP contribution in [0.1, 0.15) is 55.2 Å². The van der Waals surface area contributed by atoms with E-state index in [1.807, 2.05) is 0 Å². The maximum atomic E-state index is 11.2. The Labute approximate surface area is 125 Å². The van der Waals surface area contributed by atoms with Crippen molar-refractivity contribution in [1.29, 1.82) is 0 Å². The molecule has 0 radical (unpaired) electrons. The van der Waals surface area contributed by atoms with Gasteiger partial charge in [0.05, 0.1) is 5.71 Å². The summed E-state index contributed by atoms with van der Waals surface area (Å²) in [4.78, 5) is 11.2. The third-order valence-electron chi connectivity index (χ3n) is 4.74. The van der Waals surface area contributed by atoms with Crippen molar-refractivity contribution in [3.63, 3.8) is 0 Å². The lowest BCUT2D eigenvalue weighted by molar-refractivity contribution is -0.121. The lowest BCUT2D eigenvalue weighted by atomic mass is 9.89. The number of benzene rings is 1. The van der Waals surface area contributed by atoms with Crippen molar-refractivity contribution in [2.24, 2.45) is 16.8 Å². The van der Waals surface area contributed by atoms with Crippen LogP contribution in [-0.4, -0.2) is 18.2 Å². The summed E-state index contributed by atoms with van der Waals surface area (Å²) < 4.78 is 0. The average Bonchev–Trinajstić information content (AvgIpc) is 2.84. The molecule has 4 heteroatoms. The van der Waals surface area contributed by atoms with E-state index in [2.05, 4.69) is 35.7 Å². The highest BCUT2D eigenvalue weighted by molar-refractivity contribution is 6.04. The second kappa shape index (κ2) is 5.98. The van der Waals surface area contributed by atoms with Gasteiger partial charge < -0.3 is 5.73 Å². The van der Waals surface area contributed by atoms with Crippen LogP contribution in [0, 0.1) is 5.92 Å². The maximum Gasteiger partial charge on any atom is 0.240 e. The van der Waals surface area contributed by atoms with Crippen molar-refractivity contribution in [3.05, 3.63) is 34.9 Å². The molecule has 3 N–H and O–H groups in total. The third-order valence-corrected chi connectivity index (χ3v) is 4.74. The minimum Gasteiger partial charge on any atom is -0.330 e. The summed E-state index contributed by atoms with van der Waals surface area (Å²) in [5.41, 5.74) is 13.5. The Morgan fingerprint density at radius 3 is 2.90 bits per heavy atom. The second-order valence-corrected chi connectivity index (χ2v) is 6.10. The van der Waals surface area contributed by atoms with Crippen molar-refractivity contribution < 1.29 is 4.79 Å². The zero-order valence-electron chi connectivity index (χ0n) is 12.6. The summed E-state index contributed by atoms with van der Waals surface area (Å²) in [5.74, 6) is 1.19. The van der Waals surface area contributed by atoms with Gasteiger partial charge >= 0.3 is 0 Å².